The Kier molecular flexibility index (Phi) is 4.21. The van der Waals surface area contributed by atoms with Gasteiger partial charge in [0.2, 0.25) is 0 Å². The Labute approximate surface area is 111 Å². The van der Waals surface area contributed by atoms with Gasteiger partial charge in [-0.3, -0.25) is 0 Å². The summed E-state index contributed by atoms with van der Waals surface area (Å²) < 4.78 is 0. The zero-order chi connectivity index (χ0) is 13.8. The van der Waals surface area contributed by atoms with Crippen LogP contribution in [-0.2, 0) is 0 Å². The minimum atomic E-state index is -1.01. The summed E-state index contributed by atoms with van der Waals surface area (Å²) in [6, 6.07) is 1.44. The van der Waals surface area contributed by atoms with E-state index in [1.807, 2.05) is 4.90 Å². The van der Waals surface area contributed by atoms with Crippen molar-refractivity contribution in [2.24, 2.45) is 5.92 Å². The average Bonchev–Trinajstić information content (AvgIpc) is 2.39. The van der Waals surface area contributed by atoms with Crippen molar-refractivity contribution in [1.82, 2.24) is 4.98 Å². The minimum Gasteiger partial charge on any atom is -0.478 e. The monoisotopic (exact) mass is 265 g/mol. The van der Waals surface area contributed by atoms with Crippen molar-refractivity contribution in [3.8, 4) is 0 Å². The summed E-state index contributed by atoms with van der Waals surface area (Å²) in [5, 5.41) is 18.2. The molecule has 19 heavy (non-hydrogen) atoms. The molecule has 0 spiro atoms. The summed E-state index contributed by atoms with van der Waals surface area (Å²) in [4.78, 5) is 17.4. The summed E-state index contributed by atoms with van der Waals surface area (Å²) in [5.41, 5.74) is 6.09. The molecule has 1 aliphatic heterocycles. The van der Waals surface area contributed by atoms with E-state index in [9.17, 15) is 9.90 Å². The fourth-order valence-electron chi connectivity index (χ4n) is 2.56. The largest absolute Gasteiger partial charge is 0.478 e. The molecule has 4 N–H and O–H groups in total. The van der Waals surface area contributed by atoms with Crippen molar-refractivity contribution in [1.29, 1.82) is 0 Å². The maximum atomic E-state index is 11.3. The van der Waals surface area contributed by atoms with Gasteiger partial charge in [0.05, 0.1) is 11.9 Å². The number of aliphatic hydroxyl groups excluding tert-OH is 1. The van der Waals surface area contributed by atoms with Gasteiger partial charge in [0.25, 0.3) is 0 Å². The van der Waals surface area contributed by atoms with Gasteiger partial charge in [-0.1, -0.05) is 0 Å². The normalized spacial score (nSPS) is 19.4. The van der Waals surface area contributed by atoms with Gasteiger partial charge in [-0.2, -0.15) is 0 Å². The number of pyridine rings is 1. The average molecular weight is 265 g/mol. The Hall–Kier alpha value is -1.82. The van der Waals surface area contributed by atoms with E-state index in [0.29, 0.717) is 17.4 Å². The Bertz CT molecular complexity index is 462. The van der Waals surface area contributed by atoms with Gasteiger partial charge in [-0.25, -0.2) is 9.78 Å². The molecule has 1 aromatic heterocycles. The Morgan fingerprint density at radius 3 is 3.05 bits per heavy atom. The molecule has 0 amide bonds. The van der Waals surface area contributed by atoms with E-state index in [2.05, 4.69) is 4.98 Å². The number of piperidine rings is 1. The molecular formula is C13H19N3O3. The standard InChI is InChI=1S/C13H19N3O3/c14-10-6-11(13(18)19)12(15-7-10)16-4-1-2-9(8-16)3-5-17/h6-7,9,17H,1-5,8,14H2,(H,18,19). The molecule has 0 aromatic carbocycles. The molecule has 6 nitrogen and oxygen atoms in total. The number of aromatic nitrogens is 1. The number of hydrogen-bond acceptors (Lipinski definition) is 5. The first-order chi connectivity index (χ1) is 9.11. The molecular weight excluding hydrogens is 246 g/mol. The van der Waals surface area contributed by atoms with E-state index in [4.69, 9.17) is 10.8 Å². The highest BCUT2D eigenvalue weighted by Crippen LogP contribution is 2.27. The van der Waals surface area contributed by atoms with Crippen LogP contribution in [-0.4, -0.2) is 40.9 Å². The van der Waals surface area contributed by atoms with Crippen LogP contribution in [0.4, 0.5) is 11.5 Å². The summed E-state index contributed by atoms with van der Waals surface area (Å²) in [6.07, 6.45) is 4.27. The highest BCUT2D eigenvalue weighted by molar-refractivity contribution is 5.94. The lowest BCUT2D eigenvalue weighted by atomic mass is 9.95. The van der Waals surface area contributed by atoms with Crippen molar-refractivity contribution in [2.75, 3.05) is 30.3 Å². The molecule has 104 valence electrons. The number of rotatable bonds is 4. The summed E-state index contributed by atoms with van der Waals surface area (Å²) >= 11 is 0. The number of nitrogens with two attached hydrogens (primary N) is 1. The third-order valence-electron chi connectivity index (χ3n) is 3.47. The van der Waals surface area contributed by atoms with Gasteiger partial charge in [0.15, 0.2) is 0 Å². The molecule has 2 rings (SSSR count). The molecule has 1 saturated heterocycles. The number of nitrogens with zero attached hydrogens (tertiary/aromatic N) is 2. The van der Waals surface area contributed by atoms with E-state index >= 15 is 0 Å². The molecule has 1 fully saturated rings. The van der Waals surface area contributed by atoms with Crippen molar-refractivity contribution >= 4 is 17.5 Å². The maximum absolute atomic E-state index is 11.3. The molecule has 6 heteroatoms. The summed E-state index contributed by atoms with van der Waals surface area (Å²) in [7, 11) is 0. The third-order valence-corrected chi connectivity index (χ3v) is 3.47. The molecule has 0 radical (unpaired) electrons. The molecule has 2 heterocycles. The lowest BCUT2D eigenvalue weighted by molar-refractivity contribution is 0.0697. The first kappa shape index (κ1) is 13.6. The second kappa shape index (κ2) is 5.88. The van der Waals surface area contributed by atoms with Gasteiger partial charge < -0.3 is 20.8 Å². The number of hydrogen-bond donors (Lipinski definition) is 3. The van der Waals surface area contributed by atoms with E-state index in [-0.39, 0.29) is 12.2 Å². The number of anilines is 2. The molecule has 0 saturated carbocycles. The predicted molar refractivity (Wildman–Crippen MR) is 72.2 cm³/mol. The van der Waals surface area contributed by atoms with Crippen LogP contribution in [0.1, 0.15) is 29.6 Å². The number of nitrogen functional groups attached to an aromatic ring is 1. The van der Waals surface area contributed by atoms with Crippen LogP contribution in [0.5, 0.6) is 0 Å². The smallest absolute Gasteiger partial charge is 0.339 e. The van der Waals surface area contributed by atoms with Gasteiger partial charge in [-0.15, -0.1) is 0 Å². The molecule has 1 aliphatic rings. The fourth-order valence-corrected chi connectivity index (χ4v) is 2.56. The van der Waals surface area contributed by atoms with Crippen LogP contribution in [0.3, 0.4) is 0 Å². The summed E-state index contributed by atoms with van der Waals surface area (Å²) in [5.74, 6) is -0.150. The quantitative estimate of drug-likeness (QED) is 0.750. The van der Waals surface area contributed by atoms with Gasteiger partial charge in [0, 0.05) is 19.7 Å². The number of carboxylic acids is 1. The number of aromatic carboxylic acids is 1. The lowest BCUT2D eigenvalue weighted by Gasteiger charge is -2.34. The predicted octanol–water partition coefficient (Wildman–Crippen LogP) is 0.961. The van der Waals surface area contributed by atoms with Crippen molar-refractivity contribution < 1.29 is 15.0 Å². The van der Waals surface area contributed by atoms with Crippen molar-refractivity contribution in [3.63, 3.8) is 0 Å². The van der Waals surface area contributed by atoms with Gasteiger partial charge in [-0.05, 0) is 31.2 Å². The number of carboxylic acid groups (broad SMARTS) is 1. The zero-order valence-corrected chi connectivity index (χ0v) is 10.7. The van der Waals surface area contributed by atoms with Gasteiger partial charge >= 0.3 is 5.97 Å². The minimum absolute atomic E-state index is 0.143. The molecule has 1 unspecified atom stereocenters. The van der Waals surface area contributed by atoms with E-state index in [1.54, 1.807) is 0 Å². The SMILES string of the molecule is Nc1cnc(N2CCCC(CCO)C2)c(C(=O)O)c1. The topological polar surface area (TPSA) is 99.7 Å². The molecule has 1 atom stereocenters. The van der Waals surface area contributed by atoms with Crippen LogP contribution >= 0.6 is 0 Å². The fraction of sp³-hybridized carbons (Fsp3) is 0.538. The van der Waals surface area contributed by atoms with Crippen LogP contribution < -0.4 is 10.6 Å². The van der Waals surface area contributed by atoms with E-state index < -0.39 is 5.97 Å². The Morgan fingerprint density at radius 1 is 1.58 bits per heavy atom. The lowest BCUT2D eigenvalue weighted by Crippen LogP contribution is -2.37. The Morgan fingerprint density at radius 2 is 2.37 bits per heavy atom. The number of carbonyl (C=O) groups is 1. The highest BCUT2D eigenvalue weighted by atomic mass is 16.4. The first-order valence-corrected chi connectivity index (χ1v) is 6.46. The first-order valence-electron chi connectivity index (χ1n) is 6.46. The molecule has 1 aromatic rings. The maximum Gasteiger partial charge on any atom is 0.339 e. The molecule has 0 aliphatic carbocycles. The van der Waals surface area contributed by atoms with Crippen molar-refractivity contribution in [2.45, 2.75) is 19.3 Å². The van der Waals surface area contributed by atoms with E-state index in [1.165, 1.54) is 12.3 Å². The zero-order valence-electron chi connectivity index (χ0n) is 10.7. The van der Waals surface area contributed by atoms with E-state index in [0.717, 1.165) is 32.4 Å². The van der Waals surface area contributed by atoms with Crippen LogP contribution in [0.15, 0.2) is 12.3 Å². The van der Waals surface area contributed by atoms with Crippen LogP contribution in [0, 0.1) is 5.92 Å². The highest BCUT2D eigenvalue weighted by Gasteiger charge is 2.24. The van der Waals surface area contributed by atoms with Crippen LogP contribution in [0.2, 0.25) is 0 Å². The van der Waals surface area contributed by atoms with Crippen LogP contribution in [0.25, 0.3) is 0 Å². The Balaban J connectivity index is 2.23. The second-order valence-corrected chi connectivity index (χ2v) is 4.91. The molecule has 0 bridgehead atoms. The number of aliphatic hydroxyl groups is 1. The van der Waals surface area contributed by atoms with Crippen molar-refractivity contribution in [3.05, 3.63) is 17.8 Å². The second-order valence-electron chi connectivity index (χ2n) is 4.91. The third kappa shape index (κ3) is 3.14. The summed E-state index contributed by atoms with van der Waals surface area (Å²) in [6.45, 7) is 1.69. The van der Waals surface area contributed by atoms with Gasteiger partial charge in [0.1, 0.15) is 11.4 Å².